The lowest BCUT2D eigenvalue weighted by Gasteiger charge is -2.42. The van der Waals surface area contributed by atoms with E-state index in [1.807, 2.05) is 25.1 Å². The van der Waals surface area contributed by atoms with Crippen LogP contribution in [0.1, 0.15) is 43.7 Å². The fourth-order valence-electron chi connectivity index (χ4n) is 4.45. The van der Waals surface area contributed by atoms with Gasteiger partial charge in [-0.3, -0.25) is 4.79 Å². The minimum absolute atomic E-state index is 0.0592. The summed E-state index contributed by atoms with van der Waals surface area (Å²) in [6, 6.07) is 10.2. The molecule has 158 valence electrons. The minimum Gasteiger partial charge on any atom is -0.509 e. The fourth-order valence-corrected chi connectivity index (χ4v) is 4.57. The van der Waals surface area contributed by atoms with Crippen molar-refractivity contribution in [3.63, 3.8) is 0 Å². The third-order valence-electron chi connectivity index (χ3n) is 6.68. The molecule has 4 rings (SSSR count). The van der Waals surface area contributed by atoms with Gasteiger partial charge in [0.1, 0.15) is 11.6 Å². The number of carbonyl (C=O) groups is 1. The van der Waals surface area contributed by atoms with Crippen molar-refractivity contribution < 1.29 is 19.0 Å². The maximum absolute atomic E-state index is 13.9. The smallest absolute Gasteiger partial charge is 0.256 e. The van der Waals surface area contributed by atoms with Crippen LogP contribution >= 0.6 is 11.6 Å². The fraction of sp³-hybridized carbons (Fsp3) is 0.375. The molecule has 0 atom stereocenters. The van der Waals surface area contributed by atoms with Gasteiger partial charge in [-0.05, 0) is 80.0 Å². The minimum atomic E-state index is -0.751. The molecule has 1 aliphatic heterocycles. The summed E-state index contributed by atoms with van der Waals surface area (Å²) in [6.45, 7) is 3.94. The predicted molar refractivity (Wildman–Crippen MR) is 116 cm³/mol. The summed E-state index contributed by atoms with van der Waals surface area (Å²) in [5, 5.41) is 14.3. The summed E-state index contributed by atoms with van der Waals surface area (Å²) in [4.78, 5) is 13.0. The zero-order valence-electron chi connectivity index (χ0n) is 17.3. The van der Waals surface area contributed by atoms with Gasteiger partial charge in [0.2, 0.25) is 0 Å². The number of halogens is 2. The highest BCUT2D eigenvalue weighted by atomic mass is 35.5. The first-order chi connectivity index (χ1) is 14.2. The molecule has 1 aliphatic carbocycles. The van der Waals surface area contributed by atoms with Crippen LogP contribution in [0.5, 0.6) is 0 Å². The van der Waals surface area contributed by atoms with E-state index < -0.39 is 11.4 Å². The lowest BCUT2D eigenvalue weighted by molar-refractivity contribution is -0.117. The lowest BCUT2D eigenvalue weighted by Crippen LogP contribution is -2.51. The van der Waals surface area contributed by atoms with Gasteiger partial charge < -0.3 is 15.2 Å². The van der Waals surface area contributed by atoms with Crippen LogP contribution in [0.2, 0.25) is 5.02 Å². The number of rotatable bonds is 3. The zero-order valence-corrected chi connectivity index (χ0v) is 18.1. The van der Waals surface area contributed by atoms with Crippen LogP contribution in [0.3, 0.4) is 0 Å². The quantitative estimate of drug-likeness (QED) is 0.670. The standard InChI is InChI=1S/C24H25ClFNO3/c1-14-4-5-15(16-6-7-18(25)19(26)13-16)12-17(14)20-21(28)24(27-22(20)29)10-8-23(2,30-3)9-11-24/h4-7,12-13,28H,8-11H2,1-3H3,(H,27,29). The molecular weight excluding hydrogens is 405 g/mol. The van der Waals surface area contributed by atoms with Gasteiger partial charge in [0.15, 0.2) is 0 Å². The molecule has 1 spiro atoms. The van der Waals surface area contributed by atoms with E-state index in [1.165, 1.54) is 12.1 Å². The molecular formula is C24H25ClFNO3. The van der Waals surface area contributed by atoms with Crippen LogP contribution in [0.25, 0.3) is 16.7 Å². The number of aliphatic hydroxyl groups is 1. The van der Waals surface area contributed by atoms with E-state index in [0.29, 0.717) is 29.5 Å². The van der Waals surface area contributed by atoms with Crippen molar-refractivity contribution in [2.24, 2.45) is 0 Å². The van der Waals surface area contributed by atoms with Crippen LogP contribution in [-0.2, 0) is 9.53 Å². The highest BCUT2D eigenvalue weighted by molar-refractivity contribution is 6.30. The van der Waals surface area contributed by atoms with Gasteiger partial charge in [-0.2, -0.15) is 0 Å². The highest BCUT2D eigenvalue weighted by Gasteiger charge is 2.50. The Balaban J connectivity index is 1.75. The molecule has 2 aromatic rings. The Labute approximate surface area is 180 Å². The zero-order chi connectivity index (χ0) is 21.7. The molecule has 0 radical (unpaired) electrons. The van der Waals surface area contributed by atoms with E-state index in [-0.39, 0.29) is 22.3 Å². The summed E-state index contributed by atoms with van der Waals surface area (Å²) in [6.07, 6.45) is 2.70. The molecule has 2 aromatic carbocycles. The molecule has 1 amide bonds. The molecule has 0 bridgehead atoms. The number of benzene rings is 2. The average Bonchev–Trinajstić information content (AvgIpc) is 2.97. The third kappa shape index (κ3) is 3.40. The first-order valence-corrected chi connectivity index (χ1v) is 10.4. The molecule has 2 aliphatic rings. The Morgan fingerprint density at radius 2 is 1.73 bits per heavy atom. The van der Waals surface area contributed by atoms with Crippen molar-refractivity contribution in [2.45, 2.75) is 50.7 Å². The normalized spacial score (nSPS) is 26.4. The third-order valence-corrected chi connectivity index (χ3v) is 6.99. The van der Waals surface area contributed by atoms with Gasteiger partial charge in [0.05, 0.1) is 21.7 Å². The van der Waals surface area contributed by atoms with Gasteiger partial charge in [-0.1, -0.05) is 29.8 Å². The molecule has 1 heterocycles. The monoisotopic (exact) mass is 429 g/mol. The SMILES string of the molecule is COC1(C)CCC2(CC1)NC(=O)C(c1cc(-c3ccc(Cl)c(F)c3)ccc1C)=C2O. The second-order valence-corrected chi connectivity index (χ2v) is 8.98. The number of aliphatic hydroxyl groups excluding tert-OH is 1. The Kier molecular flexibility index (Phi) is 5.15. The number of hydrogen-bond donors (Lipinski definition) is 2. The van der Waals surface area contributed by atoms with Crippen LogP contribution in [-0.4, -0.2) is 29.3 Å². The molecule has 2 N–H and O–H groups in total. The van der Waals surface area contributed by atoms with Gasteiger partial charge in [0, 0.05) is 7.11 Å². The first-order valence-electron chi connectivity index (χ1n) is 10.1. The molecule has 30 heavy (non-hydrogen) atoms. The summed E-state index contributed by atoms with van der Waals surface area (Å²) < 4.78 is 19.6. The van der Waals surface area contributed by atoms with Crippen LogP contribution in [0, 0.1) is 12.7 Å². The number of ether oxygens (including phenoxy) is 1. The van der Waals surface area contributed by atoms with Crippen molar-refractivity contribution in [2.75, 3.05) is 7.11 Å². The average molecular weight is 430 g/mol. The molecule has 1 saturated carbocycles. The van der Waals surface area contributed by atoms with E-state index in [4.69, 9.17) is 16.3 Å². The van der Waals surface area contributed by atoms with Crippen LogP contribution in [0.15, 0.2) is 42.2 Å². The molecule has 0 unspecified atom stereocenters. The van der Waals surface area contributed by atoms with Gasteiger partial charge >= 0.3 is 0 Å². The second-order valence-electron chi connectivity index (χ2n) is 8.57. The first kappa shape index (κ1) is 20.9. The van der Waals surface area contributed by atoms with Gasteiger partial charge in [-0.25, -0.2) is 4.39 Å². The van der Waals surface area contributed by atoms with E-state index in [0.717, 1.165) is 24.0 Å². The molecule has 0 saturated heterocycles. The maximum Gasteiger partial charge on any atom is 0.256 e. The van der Waals surface area contributed by atoms with E-state index >= 15 is 0 Å². The van der Waals surface area contributed by atoms with E-state index in [2.05, 4.69) is 12.2 Å². The molecule has 0 aromatic heterocycles. The summed E-state index contributed by atoms with van der Waals surface area (Å²) in [5.41, 5.74) is 2.21. The Morgan fingerprint density at radius 3 is 2.37 bits per heavy atom. The summed E-state index contributed by atoms with van der Waals surface area (Å²) in [7, 11) is 1.70. The molecule has 4 nitrogen and oxygen atoms in total. The lowest BCUT2D eigenvalue weighted by atomic mass is 9.74. The Morgan fingerprint density at radius 1 is 1.10 bits per heavy atom. The van der Waals surface area contributed by atoms with Crippen molar-refractivity contribution in [1.82, 2.24) is 5.32 Å². The van der Waals surface area contributed by atoms with Crippen LogP contribution < -0.4 is 5.32 Å². The van der Waals surface area contributed by atoms with Gasteiger partial charge in [-0.15, -0.1) is 0 Å². The second kappa shape index (κ2) is 7.40. The van der Waals surface area contributed by atoms with E-state index in [1.54, 1.807) is 13.2 Å². The molecule has 6 heteroatoms. The largest absolute Gasteiger partial charge is 0.509 e. The van der Waals surface area contributed by atoms with E-state index in [9.17, 15) is 14.3 Å². The Hall–Kier alpha value is -2.37. The summed E-state index contributed by atoms with van der Waals surface area (Å²) in [5.74, 6) is -0.691. The molecule has 1 fully saturated rings. The number of hydrogen-bond acceptors (Lipinski definition) is 3. The van der Waals surface area contributed by atoms with Crippen molar-refractivity contribution in [3.8, 4) is 11.1 Å². The summed E-state index contributed by atoms with van der Waals surface area (Å²) >= 11 is 5.80. The van der Waals surface area contributed by atoms with Gasteiger partial charge in [0.25, 0.3) is 5.91 Å². The maximum atomic E-state index is 13.9. The number of carbonyl (C=O) groups excluding carboxylic acids is 1. The Bertz CT molecular complexity index is 1050. The number of nitrogens with one attached hydrogen (secondary N) is 1. The number of aryl methyl sites for hydroxylation is 1. The predicted octanol–water partition coefficient (Wildman–Crippen LogP) is 5.57. The van der Waals surface area contributed by atoms with Crippen molar-refractivity contribution in [1.29, 1.82) is 0 Å². The van der Waals surface area contributed by atoms with Crippen molar-refractivity contribution in [3.05, 3.63) is 64.1 Å². The topological polar surface area (TPSA) is 58.6 Å². The highest BCUT2D eigenvalue weighted by Crippen LogP contribution is 2.45. The van der Waals surface area contributed by atoms with Crippen molar-refractivity contribution >= 4 is 23.1 Å². The number of amides is 1. The number of methoxy groups -OCH3 is 1. The van der Waals surface area contributed by atoms with Crippen LogP contribution in [0.4, 0.5) is 4.39 Å².